The van der Waals surface area contributed by atoms with Crippen molar-refractivity contribution in [2.45, 2.75) is 32.6 Å². The molecule has 1 amide bonds. The number of fused-ring (bicyclic) bond motifs is 2. The van der Waals surface area contributed by atoms with Gasteiger partial charge < -0.3 is 24.1 Å². The summed E-state index contributed by atoms with van der Waals surface area (Å²) in [7, 11) is 0. The molecule has 2 aliphatic rings. The smallest absolute Gasteiger partial charge is 0.260 e. The number of hydrogen-bond acceptors (Lipinski definition) is 5. The first kappa shape index (κ1) is 23.4. The van der Waals surface area contributed by atoms with Crippen LogP contribution in [0, 0.1) is 12.8 Å². The number of benzene rings is 3. The number of piperidine rings is 1. The van der Waals surface area contributed by atoms with E-state index in [2.05, 4.69) is 28.2 Å². The minimum absolute atomic E-state index is 0.0451. The van der Waals surface area contributed by atoms with Crippen molar-refractivity contribution in [2.75, 3.05) is 26.5 Å². The summed E-state index contributed by atoms with van der Waals surface area (Å²) < 4.78 is 16.9. The molecule has 0 atom stereocenters. The van der Waals surface area contributed by atoms with Crippen LogP contribution < -0.4 is 14.2 Å². The summed E-state index contributed by atoms with van der Waals surface area (Å²) in [4.78, 5) is 22.7. The van der Waals surface area contributed by atoms with Gasteiger partial charge in [-0.05, 0) is 80.0 Å². The average molecular weight is 498 g/mol. The SMILES string of the molecule is Cc1nc2ccc(-c3ccccc3OCC(=O)N3CCC(CCc4ccc5c(c4)OCO5)CC3)cc2[nH]1. The molecule has 7 heteroatoms. The van der Waals surface area contributed by atoms with Gasteiger partial charge in [0, 0.05) is 18.7 Å². The molecule has 1 fully saturated rings. The van der Waals surface area contributed by atoms with Crippen molar-refractivity contribution >= 4 is 16.9 Å². The Morgan fingerprint density at radius 2 is 1.89 bits per heavy atom. The lowest BCUT2D eigenvalue weighted by molar-refractivity contribution is -0.134. The molecule has 6 rings (SSSR count). The Hall–Kier alpha value is -4.00. The zero-order valence-corrected chi connectivity index (χ0v) is 21.0. The Morgan fingerprint density at radius 1 is 1.05 bits per heavy atom. The van der Waals surface area contributed by atoms with Gasteiger partial charge in [0.15, 0.2) is 18.1 Å². The Bertz CT molecular complexity index is 1420. The lowest BCUT2D eigenvalue weighted by atomic mass is 9.90. The van der Waals surface area contributed by atoms with Gasteiger partial charge in [-0.3, -0.25) is 4.79 Å². The number of likely N-dealkylation sites (tertiary alicyclic amines) is 1. The number of carbonyl (C=O) groups is 1. The molecular formula is C30H31N3O4. The van der Waals surface area contributed by atoms with Gasteiger partial charge in [0.1, 0.15) is 11.6 Å². The van der Waals surface area contributed by atoms with Crippen LogP contribution in [0.25, 0.3) is 22.2 Å². The highest BCUT2D eigenvalue weighted by molar-refractivity contribution is 5.84. The number of hydrogen-bond donors (Lipinski definition) is 1. The van der Waals surface area contributed by atoms with Crippen molar-refractivity contribution in [2.24, 2.45) is 5.92 Å². The van der Waals surface area contributed by atoms with Crippen molar-refractivity contribution in [3.8, 4) is 28.4 Å². The fourth-order valence-corrected chi connectivity index (χ4v) is 5.30. The number of aromatic nitrogens is 2. The number of nitrogens with zero attached hydrogens (tertiary/aromatic N) is 2. The zero-order chi connectivity index (χ0) is 25.2. The molecule has 1 saturated heterocycles. The number of ether oxygens (including phenoxy) is 3. The lowest BCUT2D eigenvalue weighted by Crippen LogP contribution is -2.41. The van der Waals surface area contributed by atoms with E-state index in [0.717, 1.165) is 78.3 Å². The fourth-order valence-electron chi connectivity index (χ4n) is 5.30. The van der Waals surface area contributed by atoms with Crippen molar-refractivity contribution < 1.29 is 19.0 Å². The molecule has 1 aromatic heterocycles. The van der Waals surface area contributed by atoms with Crippen molar-refractivity contribution in [1.29, 1.82) is 0 Å². The van der Waals surface area contributed by atoms with Gasteiger partial charge in [-0.15, -0.1) is 0 Å². The normalized spacial score (nSPS) is 15.3. The molecule has 4 aromatic rings. The third-order valence-corrected chi connectivity index (χ3v) is 7.39. The topological polar surface area (TPSA) is 76.7 Å². The number of rotatable bonds is 7. The Labute approximate surface area is 216 Å². The zero-order valence-electron chi connectivity index (χ0n) is 21.0. The van der Waals surface area contributed by atoms with Gasteiger partial charge in [-0.25, -0.2) is 4.98 Å². The first-order valence-electron chi connectivity index (χ1n) is 13.0. The van der Waals surface area contributed by atoms with E-state index in [9.17, 15) is 4.79 Å². The van der Waals surface area contributed by atoms with Crippen LogP contribution in [0.5, 0.6) is 17.2 Å². The van der Waals surface area contributed by atoms with Crippen LogP contribution in [-0.2, 0) is 11.2 Å². The second kappa shape index (κ2) is 10.2. The largest absolute Gasteiger partial charge is 0.483 e. The highest BCUT2D eigenvalue weighted by Gasteiger charge is 2.23. The summed E-state index contributed by atoms with van der Waals surface area (Å²) in [6.07, 6.45) is 4.18. The van der Waals surface area contributed by atoms with E-state index in [-0.39, 0.29) is 12.5 Å². The number of aryl methyl sites for hydroxylation is 2. The number of H-pyrrole nitrogens is 1. The molecule has 37 heavy (non-hydrogen) atoms. The Balaban J connectivity index is 1.02. The van der Waals surface area contributed by atoms with Crippen molar-refractivity contribution in [3.63, 3.8) is 0 Å². The average Bonchev–Trinajstić information content (AvgIpc) is 3.55. The summed E-state index contributed by atoms with van der Waals surface area (Å²) in [6.45, 7) is 3.87. The summed E-state index contributed by atoms with van der Waals surface area (Å²) in [5.41, 5.74) is 5.20. The standard InChI is InChI=1S/C30H31N3O4/c1-20-31-25-10-9-23(17-26(25)32-20)24-4-2-3-5-27(24)35-18-30(34)33-14-12-21(13-15-33)6-7-22-8-11-28-29(16-22)37-19-36-28/h2-5,8-11,16-17,21H,6-7,12-15,18-19H2,1H3,(H,31,32). The van der Waals surface area contributed by atoms with Crippen molar-refractivity contribution in [1.82, 2.24) is 14.9 Å². The molecule has 0 unspecified atom stereocenters. The maximum Gasteiger partial charge on any atom is 0.260 e. The molecule has 2 aliphatic heterocycles. The van der Waals surface area contributed by atoms with Crippen LogP contribution in [0.4, 0.5) is 0 Å². The molecule has 0 radical (unpaired) electrons. The molecule has 190 valence electrons. The summed E-state index contributed by atoms with van der Waals surface area (Å²) in [5.74, 6) is 3.94. The van der Waals surface area contributed by atoms with Crippen LogP contribution in [0.2, 0.25) is 0 Å². The summed E-state index contributed by atoms with van der Waals surface area (Å²) in [5, 5.41) is 0. The first-order chi connectivity index (χ1) is 18.1. The Kier molecular flexibility index (Phi) is 6.43. The number of carbonyl (C=O) groups excluding carboxylic acids is 1. The van der Waals surface area contributed by atoms with Crippen LogP contribution >= 0.6 is 0 Å². The number of amides is 1. The van der Waals surface area contributed by atoms with Gasteiger partial charge >= 0.3 is 0 Å². The van der Waals surface area contributed by atoms with E-state index >= 15 is 0 Å². The maximum atomic E-state index is 13.0. The van der Waals surface area contributed by atoms with Crippen LogP contribution in [-0.4, -0.2) is 47.3 Å². The molecule has 3 aromatic carbocycles. The third-order valence-electron chi connectivity index (χ3n) is 7.39. The molecule has 0 spiro atoms. The lowest BCUT2D eigenvalue weighted by Gasteiger charge is -2.32. The van der Waals surface area contributed by atoms with Gasteiger partial charge in [-0.1, -0.05) is 30.3 Å². The molecule has 0 aliphatic carbocycles. The number of para-hydroxylation sites is 1. The minimum atomic E-state index is 0.0451. The number of aromatic amines is 1. The second-order valence-corrected chi connectivity index (χ2v) is 9.89. The van der Waals surface area contributed by atoms with E-state index in [0.29, 0.717) is 18.5 Å². The van der Waals surface area contributed by atoms with Gasteiger partial charge in [0.05, 0.1) is 11.0 Å². The van der Waals surface area contributed by atoms with Crippen LogP contribution in [0.1, 0.15) is 30.7 Å². The quantitative estimate of drug-likeness (QED) is 0.364. The summed E-state index contributed by atoms with van der Waals surface area (Å²) >= 11 is 0. The van der Waals surface area contributed by atoms with Crippen LogP contribution in [0.3, 0.4) is 0 Å². The van der Waals surface area contributed by atoms with E-state index in [1.165, 1.54) is 5.56 Å². The molecule has 1 N–H and O–H groups in total. The fraction of sp³-hybridized carbons (Fsp3) is 0.333. The van der Waals surface area contributed by atoms with Crippen LogP contribution in [0.15, 0.2) is 60.7 Å². The van der Waals surface area contributed by atoms with Gasteiger partial charge in [-0.2, -0.15) is 0 Å². The van der Waals surface area contributed by atoms with E-state index in [4.69, 9.17) is 14.2 Å². The van der Waals surface area contributed by atoms with Gasteiger partial charge in [0.25, 0.3) is 5.91 Å². The van der Waals surface area contributed by atoms with Crippen molar-refractivity contribution in [3.05, 3.63) is 72.1 Å². The minimum Gasteiger partial charge on any atom is -0.483 e. The highest BCUT2D eigenvalue weighted by Crippen LogP contribution is 2.34. The predicted octanol–water partition coefficient (Wildman–Crippen LogP) is 5.52. The highest BCUT2D eigenvalue weighted by atomic mass is 16.7. The molecule has 0 saturated carbocycles. The Morgan fingerprint density at radius 3 is 2.78 bits per heavy atom. The molecule has 0 bridgehead atoms. The van der Waals surface area contributed by atoms with E-state index in [1.54, 1.807) is 0 Å². The van der Waals surface area contributed by atoms with E-state index in [1.807, 2.05) is 54.3 Å². The first-order valence-corrected chi connectivity index (χ1v) is 13.0. The third kappa shape index (κ3) is 5.12. The molecule has 3 heterocycles. The molecular weight excluding hydrogens is 466 g/mol. The number of nitrogens with one attached hydrogen (secondary N) is 1. The monoisotopic (exact) mass is 497 g/mol. The van der Waals surface area contributed by atoms with E-state index < -0.39 is 0 Å². The maximum absolute atomic E-state index is 13.0. The summed E-state index contributed by atoms with van der Waals surface area (Å²) in [6, 6.07) is 20.2. The second-order valence-electron chi connectivity index (χ2n) is 9.89. The predicted molar refractivity (Wildman–Crippen MR) is 142 cm³/mol. The number of imidazole rings is 1. The van der Waals surface area contributed by atoms with Gasteiger partial charge in [0.2, 0.25) is 6.79 Å². The molecule has 7 nitrogen and oxygen atoms in total.